The Morgan fingerprint density at radius 3 is 2.80 bits per heavy atom. The topological polar surface area (TPSA) is 58.9 Å². The summed E-state index contributed by atoms with van der Waals surface area (Å²) in [5.41, 5.74) is 0.936. The van der Waals surface area contributed by atoms with Gasteiger partial charge >= 0.3 is 0 Å². The van der Waals surface area contributed by atoms with E-state index in [0.717, 1.165) is 24.5 Å². The second-order valence-electron chi connectivity index (χ2n) is 6.12. The first-order valence-electron chi connectivity index (χ1n) is 8.23. The van der Waals surface area contributed by atoms with Crippen molar-refractivity contribution in [3.63, 3.8) is 0 Å². The molecule has 0 radical (unpaired) electrons. The summed E-state index contributed by atoms with van der Waals surface area (Å²) in [5.74, 6) is -0.601. The number of aromatic nitrogens is 2. The molecule has 25 heavy (non-hydrogen) atoms. The van der Waals surface area contributed by atoms with Gasteiger partial charge in [-0.2, -0.15) is 5.10 Å². The highest BCUT2D eigenvalue weighted by atomic mass is 19.2. The van der Waals surface area contributed by atoms with Crippen molar-refractivity contribution in [3.8, 4) is 5.69 Å². The lowest BCUT2D eigenvalue weighted by molar-refractivity contribution is -0.119. The average Bonchev–Trinajstić information content (AvgIpc) is 3.31. The van der Waals surface area contributed by atoms with Gasteiger partial charge in [-0.15, -0.1) is 0 Å². The van der Waals surface area contributed by atoms with E-state index in [1.165, 1.54) is 23.6 Å². The van der Waals surface area contributed by atoms with Crippen molar-refractivity contribution >= 4 is 5.91 Å². The van der Waals surface area contributed by atoms with Gasteiger partial charge in [0.25, 0.3) is 0 Å². The molecule has 1 aliphatic rings. The third-order valence-corrected chi connectivity index (χ3v) is 4.05. The van der Waals surface area contributed by atoms with Crippen molar-refractivity contribution in [2.75, 3.05) is 7.05 Å². The van der Waals surface area contributed by atoms with E-state index in [0.29, 0.717) is 17.2 Å². The maximum Gasteiger partial charge on any atom is 0.231 e. The minimum absolute atomic E-state index is 0.0964. The summed E-state index contributed by atoms with van der Waals surface area (Å²) in [5, 5.41) is 10.0. The summed E-state index contributed by atoms with van der Waals surface area (Å²) >= 11 is 0. The molecule has 1 aromatic carbocycles. The molecule has 0 bridgehead atoms. The fraction of sp³-hybridized carbons (Fsp3) is 0.333. The molecular weight excluding hydrogens is 326 g/mol. The molecular formula is C18H20F2N4O. The molecule has 1 saturated carbocycles. The molecule has 2 aromatic rings. The monoisotopic (exact) mass is 346 g/mol. The molecule has 1 heterocycles. The molecule has 0 aliphatic heterocycles. The van der Waals surface area contributed by atoms with Crippen LogP contribution in [0.3, 0.4) is 0 Å². The van der Waals surface area contributed by atoms with Crippen molar-refractivity contribution in [3.05, 3.63) is 59.7 Å². The quantitative estimate of drug-likeness (QED) is 0.810. The van der Waals surface area contributed by atoms with E-state index in [-0.39, 0.29) is 12.3 Å². The number of allylic oxidation sites excluding steroid dienone is 1. The van der Waals surface area contributed by atoms with E-state index in [9.17, 15) is 13.6 Å². The largest absolute Gasteiger partial charge is 0.375 e. The molecule has 0 spiro atoms. The number of hydrogen-bond donors (Lipinski definition) is 2. The molecule has 5 nitrogen and oxygen atoms in total. The number of carbonyl (C=O) groups excluding carboxylic acids is 1. The number of nitrogens with one attached hydrogen (secondary N) is 2. The van der Waals surface area contributed by atoms with Gasteiger partial charge in [0.05, 0.1) is 17.8 Å². The molecule has 0 atom stereocenters. The molecule has 7 heteroatoms. The number of amides is 1. The fourth-order valence-corrected chi connectivity index (χ4v) is 2.44. The van der Waals surface area contributed by atoms with Crippen LogP contribution in [0, 0.1) is 17.6 Å². The van der Waals surface area contributed by atoms with E-state index in [1.54, 1.807) is 19.3 Å². The minimum Gasteiger partial charge on any atom is -0.375 e. The average molecular weight is 346 g/mol. The second kappa shape index (κ2) is 7.46. The van der Waals surface area contributed by atoms with Gasteiger partial charge in [-0.25, -0.2) is 13.5 Å². The van der Waals surface area contributed by atoms with E-state index >= 15 is 0 Å². The predicted molar refractivity (Wildman–Crippen MR) is 89.8 cm³/mol. The molecule has 1 aliphatic carbocycles. The van der Waals surface area contributed by atoms with E-state index in [2.05, 4.69) is 15.7 Å². The zero-order valence-corrected chi connectivity index (χ0v) is 13.9. The molecule has 132 valence electrons. The van der Waals surface area contributed by atoms with Crippen molar-refractivity contribution in [2.45, 2.75) is 25.7 Å². The lowest BCUT2D eigenvalue weighted by Crippen LogP contribution is -2.31. The van der Waals surface area contributed by atoms with Crippen LogP contribution in [0.2, 0.25) is 0 Å². The zero-order chi connectivity index (χ0) is 17.8. The predicted octanol–water partition coefficient (Wildman–Crippen LogP) is 2.67. The summed E-state index contributed by atoms with van der Waals surface area (Å²) in [6.07, 6.45) is 7.17. The minimum atomic E-state index is -0.938. The number of halogens is 2. The third kappa shape index (κ3) is 4.65. The number of hydrogen-bond acceptors (Lipinski definition) is 3. The highest BCUT2D eigenvalue weighted by Gasteiger charge is 2.20. The molecule has 0 unspecified atom stereocenters. The van der Waals surface area contributed by atoms with Crippen molar-refractivity contribution in [2.24, 2.45) is 5.92 Å². The molecule has 0 saturated heterocycles. The van der Waals surface area contributed by atoms with Crippen LogP contribution in [0.4, 0.5) is 8.78 Å². The Kier molecular flexibility index (Phi) is 5.11. The van der Waals surface area contributed by atoms with Crippen LogP contribution in [-0.2, 0) is 11.2 Å². The van der Waals surface area contributed by atoms with Gasteiger partial charge in [0.15, 0.2) is 11.6 Å². The van der Waals surface area contributed by atoms with E-state index in [1.807, 2.05) is 6.08 Å². The normalized spacial score (nSPS) is 14.4. The fourth-order valence-electron chi connectivity index (χ4n) is 2.44. The van der Waals surface area contributed by atoms with Gasteiger partial charge in [-0.3, -0.25) is 4.79 Å². The number of rotatable bonds is 7. The maximum absolute atomic E-state index is 13.3. The molecule has 1 fully saturated rings. The smallest absolute Gasteiger partial charge is 0.231 e. The summed E-state index contributed by atoms with van der Waals surface area (Å²) in [7, 11) is 1.76. The van der Waals surface area contributed by atoms with Crippen molar-refractivity contribution < 1.29 is 13.6 Å². The van der Waals surface area contributed by atoms with E-state index < -0.39 is 11.6 Å². The van der Waals surface area contributed by atoms with Crippen LogP contribution in [0.15, 0.2) is 42.4 Å². The van der Waals surface area contributed by atoms with Gasteiger partial charge in [0, 0.05) is 19.3 Å². The Labute approximate surface area is 144 Å². The highest BCUT2D eigenvalue weighted by Crippen LogP contribution is 2.32. The lowest BCUT2D eigenvalue weighted by atomic mass is 10.2. The Morgan fingerprint density at radius 1 is 1.32 bits per heavy atom. The molecule has 1 amide bonds. The summed E-state index contributed by atoms with van der Waals surface area (Å²) in [6.45, 7) is 0. The van der Waals surface area contributed by atoms with E-state index in [4.69, 9.17) is 0 Å². The standard InChI is InChI=1S/C18H20F2N4O/c1-21-17(7-4-12-2-3-12)22-18(25)10-13-8-9-24(23-13)14-5-6-15(19)16(20)11-14/h5-9,11-12,21H,2-4,10H2,1H3,(H,22,25)/b17-7+. The molecule has 1 aromatic heterocycles. The summed E-state index contributed by atoms with van der Waals surface area (Å²) in [4.78, 5) is 12.1. The van der Waals surface area contributed by atoms with Crippen molar-refractivity contribution in [1.82, 2.24) is 20.4 Å². The zero-order valence-electron chi connectivity index (χ0n) is 13.9. The van der Waals surface area contributed by atoms with Crippen molar-refractivity contribution in [1.29, 1.82) is 0 Å². The number of benzene rings is 1. The van der Waals surface area contributed by atoms with Crippen LogP contribution < -0.4 is 10.6 Å². The summed E-state index contributed by atoms with van der Waals surface area (Å²) < 4.78 is 27.7. The van der Waals surface area contributed by atoms with Crippen LogP contribution >= 0.6 is 0 Å². The van der Waals surface area contributed by atoms with Gasteiger partial charge in [0.1, 0.15) is 5.82 Å². The second-order valence-corrected chi connectivity index (χ2v) is 6.12. The van der Waals surface area contributed by atoms with Crippen LogP contribution in [0.25, 0.3) is 5.69 Å². The van der Waals surface area contributed by atoms with Gasteiger partial charge in [0.2, 0.25) is 5.91 Å². The van der Waals surface area contributed by atoms with Gasteiger partial charge < -0.3 is 10.6 Å². The van der Waals surface area contributed by atoms with Gasteiger partial charge in [-0.05, 0) is 49.5 Å². The van der Waals surface area contributed by atoms with Gasteiger partial charge in [-0.1, -0.05) is 0 Å². The first-order valence-corrected chi connectivity index (χ1v) is 8.23. The Morgan fingerprint density at radius 2 is 2.12 bits per heavy atom. The third-order valence-electron chi connectivity index (χ3n) is 4.05. The Bertz CT molecular complexity index is 796. The first-order chi connectivity index (χ1) is 12.0. The van der Waals surface area contributed by atoms with Crippen LogP contribution in [0.1, 0.15) is 25.0 Å². The van der Waals surface area contributed by atoms with Crippen LogP contribution in [-0.4, -0.2) is 22.7 Å². The maximum atomic E-state index is 13.3. The Hall–Kier alpha value is -2.70. The lowest BCUT2D eigenvalue weighted by Gasteiger charge is -2.08. The summed E-state index contributed by atoms with van der Waals surface area (Å²) in [6, 6.07) is 5.21. The Balaban J connectivity index is 1.61. The first kappa shape index (κ1) is 17.1. The SMILES string of the molecule is CN/C(=C\CC1CC1)NC(=O)Cc1ccn(-c2ccc(F)c(F)c2)n1. The molecule has 2 N–H and O–H groups in total. The molecule has 3 rings (SSSR count). The highest BCUT2D eigenvalue weighted by molar-refractivity contribution is 5.79. The number of nitrogens with zero attached hydrogens (tertiary/aromatic N) is 2. The van der Waals surface area contributed by atoms with Crippen LogP contribution in [0.5, 0.6) is 0 Å². The number of carbonyl (C=O) groups is 1.